The number of fused-ring (bicyclic) bond motifs is 1. The Balaban J connectivity index is 2.08. The summed E-state index contributed by atoms with van der Waals surface area (Å²) >= 11 is 1.32. The molecule has 1 aromatic heterocycles. The van der Waals surface area contributed by atoms with Crippen molar-refractivity contribution in [3.63, 3.8) is 0 Å². The van der Waals surface area contributed by atoms with Crippen LogP contribution in [-0.2, 0) is 11.3 Å². The molecule has 114 valence electrons. The van der Waals surface area contributed by atoms with Gasteiger partial charge in [0.15, 0.2) is 5.16 Å². The Morgan fingerprint density at radius 2 is 2.36 bits per heavy atom. The first-order chi connectivity index (χ1) is 10.7. The van der Waals surface area contributed by atoms with Crippen molar-refractivity contribution in [1.29, 1.82) is 5.26 Å². The van der Waals surface area contributed by atoms with Crippen LogP contribution in [0.25, 0.3) is 10.9 Å². The second-order valence-electron chi connectivity index (χ2n) is 5.35. The number of nitrogens with zero attached hydrogens (tertiary/aromatic N) is 3. The van der Waals surface area contributed by atoms with Gasteiger partial charge in [-0.05, 0) is 31.9 Å². The average Bonchev–Trinajstić information content (AvgIpc) is 3.04. The maximum absolute atomic E-state index is 12.8. The molecule has 3 rings (SSSR count). The highest BCUT2D eigenvalue weighted by atomic mass is 32.2. The van der Waals surface area contributed by atoms with Gasteiger partial charge in [0.05, 0.1) is 34.9 Å². The number of hydrogen-bond acceptors (Lipinski definition) is 5. The quantitative estimate of drug-likeness (QED) is 0.641. The summed E-state index contributed by atoms with van der Waals surface area (Å²) in [5.41, 5.74) is 0.609. The summed E-state index contributed by atoms with van der Waals surface area (Å²) in [6, 6.07) is 9.50. The molecule has 1 fully saturated rings. The average molecular weight is 315 g/mol. The predicted octanol–water partition coefficient (Wildman–Crippen LogP) is 2.58. The van der Waals surface area contributed by atoms with Gasteiger partial charge in [0.2, 0.25) is 0 Å². The van der Waals surface area contributed by atoms with Gasteiger partial charge in [-0.1, -0.05) is 23.9 Å². The van der Waals surface area contributed by atoms with Crippen molar-refractivity contribution in [3.05, 3.63) is 34.6 Å². The van der Waals surface area contributed by atoms with Gasteiger partial charge in [-0.2, -0.15) is 5.26 Å². The van der Waals surface area contributed by atoms with E-state index in [0.29, 0.717) is 22.6 Å². The third-order valence-electron chi connectivity index (χ3n) is 3.70. The summed E-state index contributed by atoms with van der Waals surface area (Å²) in [7, 11) is 0. The normalized spacial score (nSPS) is 19.2. The van der Waals surface area contributed by atoms with Gasteiger partial charge in [0, 0.05) is 6.61 Å². The molecule has 22 heavy (non-hydrogen) atoms. The van der Waals surface area contributed by atoms with Gasteiger partial charge in [0.1, 0.15) is 0 Å². The number of ether oxygens (including phenoxy) is 1. The fourth-order valence-electron chi connectivity index (χ4n) is 2.58. The first-order valence-corrected chi connectivity index (χ1v) is 8.24. The molecule has 2 aromatic rings. The lowest BCUT2D eigenvalue weighted by Crippen LogP contribution is -2.29. The number of hydrogen-bond donors (Lipinski definition) is 0. The van der Waals surface area contributed by atoms with Crippen LogP contribution in [0.15, 0.2) is 34.2 Å². The molecule has 0 N–H and O–H groups in total. The molecule has 1 aromatic carbocycles. The zero-order valence-electron chi connectivity index (χ0n) is 12.4. The number of rotatable bonds is 4. The SMILES string of the molecule is C[C@H](C#N)Sc1nc2ccccc2c(=O)n1C[C@H]1CCCO1. The molecule has 6 heteroatoms. The Hall–Kier alpha value is -1.84. The van der Waals surface area contributed by atoms with Crippen molar-refractivity contribution in [2.45, 2.75) is 42.8 Å². The van der Waals surface area contributed by atoms with E-state index in [1.807, 2.05) is 25.1 Å². The number of aromatic nitrogens is 2. The second-order valence-corrected chi connectivity index (χ2v) is 6.66. The smallest absolute Gasteiger partial charge is 0.262 e. The van der Waals surface area contributed by atoms with Crippen LogP contribution in [0.5, 0.6) is 0 Å². The topological polar surface area (TPSA) is 67.9 Å². The van der Waals surface area contributed by atoms with Gasteiger partial charge in [-0.3, -0.25) is 9.36 Å². The summed E-state index contributed by atoms with van der Waals surface area (Å²) in [6.45, 7) is 3.05. The van der Waals surface area contributed by atoms with Crippen molar-refractivity contribution in [2.75, 3.05) is 6.61 Å². The summed E-state index contributed by atoms with van der Waals surface area (Å²) in [5.74, 6) is 0. The molecule has 2 heterocycles. The first kappa shape index (κ1) is 15.1. The predicted molar refractivity (Wildman–Crippen MR) is 85.9 cm³/mol. The Bertz CT molecular complexity index is 775. The zero-order valence-corrected chi connectivity index (χ0v) is 13.2. The Labute approximate surface area is 132 Å². The third-order valence-corrected chi connectivity index (χ3v) is 4.68. The highest BCUT2D eigenvalue weighted by Crippen LogP contribution is 2.23. The van der Waals surface area contributed by atoms with Crippen LogP contribution >= 0.6 is 11.8 Å². The largest absolute Gasteiger partial charge is 0.376 e. The Morgan fingerprint density at radius 1 is 1.55 bits per heavy atom. The lowest BCUT2D eigenvalue weighted by Gasteiger charge is -2.16. The van der Waals surface area contributed by atoms with E-state index in [0.717, 1.165) is 19.4 Å². The minimum atomic E-state index is -0.260. The van der Waals surface area contributed by atoms with Crippen molar-refractivity contribution in [2.24, 2.45) is 0 Å². The molecule has 0 aliphatic carbocycles. The lowest BCUT2D eigenvalue weighted by atomic mass is 10.2. The molecule has 0 amide bonds. The molecule has 0 spiro atoms. The molecular formula is C16H17N3O2S. The third kappa shape index (κ3) is 3.01. The monoisotopic (exact) mass is 315 g/mol. The van der Waals surface area contributed by atoms with Crippen LogP contribution in [0.3, 0.4) is 0 Å². The maximum atomic E-state index is 12.8. The number of para-hydroxylation sites is 1. The van der Waals surface area contributed by atoms with Gasteiger partial charge < -0.3 is 4.74 Å². The molecule has 0 unspecified atom stereocenters. The van der Waals surface area contributed by atoms with Crippen LogP contribution in [0.4, 0.5) is 0 Å². The molecule has 5 nitrogen and oxygen atoms in total. The summed E-state index contributed by atoms with van der Waals surface area (Å²) in [5, 5.41) is 9.98. The van der Waals surface area contributed by atoms with Crippen molar-refractivity contribution < 1.29 is 4.74 Å². The summed E-state index contributed by atoms with van der Waals surface area (Å²) in [6.07, 6.45) is 2.03. The molecule has 1 saturated heterocycles. The van der Waals surface area contributed by atoms with E-state index in [-0.39, 0.29) is 16.9 Å². The zero-order chi connectivity index (χ0) is 15.5. The highest BCUT2D eigenvalue weighted by Gasteiger charge is 2.21. The van der Waals surface area contributed by atoms with Crippen molar-refractivity contribution in [1.82, 2.24) is 9.55 Å². The lowest BCUT2D eigenvalue weighted by molar-refractivity contribution is 0.0937. The van der Waals surface area contributed by atoms with Crippen molar-refractivity contribution in [3.8, 4) is 6.07 Å². The van der Waals surface area contributed by atoms with E-state index >= 15 is 0 Å². The fraction of sp³-hybridized carbons (Fsp3) is 0.438. The highest BCUT2D eigenvalue weighted by molar-refractivity contribution is 8.00. The Morgan fingerprint density at radius 3 is 3.09 bits per heavy atom. The van der Waals surface area contributed by atoms with E-state index in [4.69, 9.17) is 10.00 Å². The van der Waals surface area contributed by atoms with E-state index in [2.05, 4.69) is 11.1 Å². The van der Waals surface area contributed by atoms with Gasteiger partial charge >= 0.3 is 0 Å². The van der Waals surface area contributed by atoms with Gasteiger partial charge in [0.25, 0.3) is 5.56 Å². The van der Waals surface area contributed by atoms with Gasteiger partial charge in [-0.25, -0.2) is 4.98 Å². The summed E-state index contributed by atoms with van der Waals surface area (Å²) < 4.78 is 7.31. The van der Waals surface area contributed by atoms with Crippen LogP contribution in [0, 0.1) is 11.3 Å². The minimum absolute atomic E-state index is 0.0532. The maximum Gasteiger partial charge on any atom is 0.262 e. The van der Waals surface area contributed by atoms with E-state index < -0.39 is 0 Å². The molecule has 1 aliphatic heterocycles. The summed E-state index contributed by atoms with van der Waals surface area (Å²) in [4.78, 5) is 17.4. The molecule has 1 aliphatic rings. The van der Waals surface area contributed by atoms with Crippen LogP contribution in [0.2, 0.25) is 0 Å². The van der Waals surface area contributed by atoms with Crippen molar-refractivity contribution >= 4 is 22.7 Å². The van der Waals surface area contributed by atoms with Crippen LogP contribution < -0.4 is 5.56 Å². The number of benzene rings is 1. The Kier molecular flexibility index (Phi) is 4.46. The van der Waals surface area contributed by atoms with E-state index in [1.165, 1.54) is 11.8 Å². The second kappa shape index (κ2) is 6.51. The molecule has 0 radical (unpaired) electrons. The molecule has 0 saturated carbocycles. The first-order valence-electron chi connectivity index (χ1n) is 7.36. The van der Waals surface area contributed by atoms with Crippen LogP contribution in [-0.4, -0.2) is 27.5 Å². The molecular weight excluding hydrogens is 298 g/mol. The molecule has 0 bridgehead atoms. The number of nitriles is 1. The molecule has 2 atom stereocenters. The van der Waals surface area contributed by atoms with E-state index in [1.54, 1.807) is 10.6 Å². The standard InChI is InChI=1S/C16H17N3O2S/c1-11(9-17)22-16-18-14-7-3-2-6-13(14)15(20)19(16)10-12-5-4-8-21-12/h2-3,6-7,11-12H,4-5,8,10H2,1H3/t11-,12-/m1/s1. The van der Waals surface area contributed by atoms with Crippen LogP contribution in [0.1, 0.15) is 19.8 Å². The van der Waals surface area contributed by atoms with Gasteiger partial charge in [-0.15, -0.1) is 0 Å². The number of thioether (sulfide) groups is 1. The fourth-order valence-corrected chi connectivity index (χ4v) is 3.38. The minimum Gasteiger partial charge on any atom is -0.376 e. The van der Waals surface area contributed by atoms with E-state index in [9.17, 15) is 4.79 Å².